The quantitative estimate of drug-likeness (QED) is 0.594. The molecule has 1 amide bonds. The first-order chi connectivity index (χ1) is 12.9. The van der Waals surface area contributed by atoms with E-state index in [1.54, 1.807) is 23.1 Å². The van der Waals surface area contributed by atoms with Crippen molar-refractivity contribution in [2.45, 2.75) is 71.6 Å². The van der Waals surface area contributed by atoms with Crippen LogP contribution in [0, 0.1) is 0 Å². The summed E-state index contributed by atoms with van der Waals surface area (Å²) in [6.07, 6.45) is 1.52. The Morgan fingerprint density at radius 2 is 1.79 bits per heavy atom. The summed E-state index contributed by atoms with van der Waals surface area (Å²) >= 11 is 0. The van der Waals surface area contributed by atoms with Crippen LogP contribution in [0.3, 0.4) is 0 Å². The van der Waals surface area contributed by atoms with Gasteiger partial charge in [-0.1, -0.05) is 0 Å². The van der Waals surface area contributed by atoms with Crippen LogP contribution in [0.4, 0.5) is 16.2 Å². The van der Waals surface area contributed by atoms with E-state index >= 15 is 0 Å². The van der Waals surface area contributed by atoms with Crippen molar-refractivity contribution in [2.75, 3.05) is 24.1 Å². The minimum absolute atomic E-state index is 0.0134. The van der Waals surface area contributed by atoms with Crippen LogP contribution in [0.15, 0.2) is 18.2 Å². The van der Waals surface area contributed by atoms with Crippen LogP contribution in [-0.4, -0.2) is 47.3 Å². The molecule has 1 heterocycles. The van der Waals surface area contributed by atoms with Crippen molar-refractivity contribution in [3.05, 3.63) is 23.8 Å². The van der Waals surface area contributed by atoms with Crippen molar-refractivity contribution in [2.24, 2.45) is 0 Å². The number of nitrogen functional groups attached to an aromatic ring is 1. The molecule has 1 aromatic carbocycles. The lowest BCUT2D eigenvalue weighted by Gasteiger charge is -2.29. The zero-order valence-corrected chi connectivity index (χ0v) is 17.8. The van der Waals surface area contributed by atoms with E-state index in [0.29, 0.717) is 30.0 Å². The van der Waals surface area contributed by atoms with Crippen molar-refractivity contribution in [3.63, 3.8) is 0 Å². The van der Waals surface area contributed by atoms with E-state index in [9.17, 15) is 9.59 Å². The first-order valence-electron chi connectivity index (χ1n) is 9.72. The van der Waals surface area contributed by atoms with Gasteiger partial charge in [0.2, 0.25) is 0 Å². The maximum atomic E-state index is 12.4. The predicted octanol–water partition coefficient (Wildman–Crippen LogP) is 4.04. The molecule has 28 heavy (non-hydrogen) atoms. The summed E-state index contributed by atoms with van der Waals surface area (Å²) in [5, 5.41) is 3.28. The third kappa shape index (κ3) is 6.32. The second-order valence-electron chi connectivity index (χ2n) is 9.15. The molecule has 0 saturated carbocycles. The number of hydrogen-bond donors (Lipinski definition) is 2. The van der Waals surface area contributed by atoms with Crippen LogP contribution in [0.1, 0.15) is 64.7 Å². The zero-order chi connectivity index (χ0) is 21.1. The second-order valence-corrected chi connectivity index (χ2v) is 9.15. The lowest BCUT2D eigenvalue weighted by Crippen LogP contribution is -2.42. The van der Waals surface area contributed by atoms with E-state index < -0.39 is 17.2 Å². The highest BCUT2D eigenvalue weighted by atomic mass is 16.6. The first kappa shape index (κ1) is 21.9. The van der Waals surface area contributed by atoms with Gasteiger partial charge >= 0.3 is 12.1 Å². The fourth-order valence-electron chi connectivity index (χ4n) is 3.01. The van der Waals surface area contributed by atoms with E-state index in [1.165, 1.54) is 0 Å². The molecule has 7 nitrogen and oxygen atoms in total. The number of benzene rings is 1. The van der Waals surface area contributed by atoms with Gasteiger partial charge in [-0.2, -0.15) is 0 Å². The summed E-state index contributed by atoms with van der Waals surface area (Å²) in [6, 6.07) is 5.04. The molecule has 1 aliphatic heterocycles. The fraction of sp³-hybridized carbons (Fsp3) is 0.619. The smallest absolute Gasteiger partial charge is 0.410 e. The molecule has 3 N–H and O–H groups in total. The molecule has 0 bridgehead atoms. The average molecular weight is 392 g/mol. The van der Waals surface area contributed by atoms with Gasteiger partial charge in [-0.25, -0.2) is 9.59 Å². The number of carbonyl (C=O) groups excluding carboxylic acids is 2. The fourth-order valence-corrected chi connectivity index (χ4v) is 3.01. The van der Waals surface area contributed by atoms with Crippen LogP contribution in [0.2, 0.25) is 0 Å². The third-order valence-corrected chi connectivity index (χ3v) is 4.22. The number of hydrogen-bond acceptors (Lipinski definition) is 6. The number of esters is 1. The summed E-state index contributed by atoms with van der Waals surface area (Å²) in [5.41, 5.74) is 6.59. The van der Waals surface area contributed by atoms with Gasteiger partial charge in [0, 0.05) is 13.1 Å². The Morgan fingerprint density at radius 3 is 2.39 bits per heavy atom. The molecule has 1 atom stereocenters. The van der Waals surface area contributed by atoms with Gasteiger partial charge in [-0.3, -0.25) is 0 Å². The van der Waals surface area contributed by atoms with Crippen molar-refractivity contribution in [3.8, 4) is 0 Å². The number of amides is 1. The number of rotatable bonds is 4. The number of carbonyl (C=O) groups is 2. The Balaban J connectivity index is 2.04. The van der Waals surface area contributed by atoms with Crippen LogP contribution in [0.5, 0.6) is 0 Å². The molecular weight excluding hydrogens is 358 g/mol. The summed E-state index contributed by atoms with van der Waals surface area (Å²) in [6.45, 7) is 12.3. The summed E-state index contributed by atoms with van der Waals surface area (Å²) < 4.78 is 10.9. The Hall–Kier alpha value is -2.44. The van der Waals surface area contributed by atoms with Gasteiger partial charge in [0.25, 0.3) is 0 Å². The SMILES string of the molecule is CC(C)(C)OC(=O)c1ccc(N)c(NC[C@@H]2CCCN2C(=O)OC(C)(C)C)c1. The maximum absolute atomic E-state index is 12.4. The van der Waals surface area contributed by atoms with Crippen LogP contribution in [-0.2, 0) is 9.47 Å². The van der Waals surface area contributed by atoms with Gasteiger partial charge in [0.15, 0.2) is 0 Å². The van der Waals surface area contributed by atoms with E-state index in [2.05, 4.69) is 5.32 Å². The molecule has 0 spiro atoms. The van der Waals surface area contributed by atoms with Crippen LogP contribution < -0.4 is 11.1 Å². The van der Waals surface area contributed by atoms with Gasteiger partial charge in [0.05, 0.1) is 23.0 Å². The first-order valence-corrected chi connectivity index (χ1v) is 9.72. The number of anilines is 2. The van der Waals surface area contributed by atoms with E-state index in [-0.39, 0.29) is 12.1 Å². The predicted molar refractivity (Wildman–Crippen MR) is 110 cm³/mol. The molecule has 1 aliphatic rings. The Kier molecular flexibility index (Phi) is 6.47. The maximum Gasteiger partial charge on any atom is 0.410 e. The summed E-state index contributed by atoms with van der Waals surface area (Å²) in [5.74, 6) is -0.396. The van der Waals surface area contributed by atoms with Crippen molar-refractivity contribution in [1.82, 2.24) is 4.90 Å². The number of nitrogens with zero attached hydrogens (tertiary/aromatic N) is 1. The molecule has 2 rings (SSSR count). The number of ether oxygens (including phenoxy) is 2. The minimum Gasteiger partial charge on any atom is -0.456 e. The Bertz CT molecular complexity index is 719. The van der Waals surface area contributed by atoms with Crippen molar-refractivity contribution < 1.29 is 19.1 Å². The monoisotopic (exact) mass is 391 g/mol. The molecule has 156 valence electrons. The Labute approximate surface area is 167 Å². The molecule has 0 radical (unpaired) electrons. The van der Waals surface area contributed by atoms with Crippen LogP contribution >= 0.6 is 0 Å². The molecule has 1 aromatic rings. The summed E-state index contributed by atoms with van der Waals surface area (Å²) in [7, 11) is 0. The highest BCUT2D eigenvalue weighted by Gasteiger charge is 2.32. The van der Waals surface area contributed by atoms with E-state index in [4.69, 9.17) is 15.2 Å². The number of nitrogens with one attached hydrogen (secondary N) is 1. The molecule has 7 heteroatoms. The van der Waals surface area contributed by atoms with Gasteiger partial charge in [-0.15, -0.1) is 0 Å². The molecule has 1 fully saturated rings. The highest BCUT2D eigenvalue weighted by molar-refractivity contribution is 5.92. The van der Waals surface area contributed by atoms with Crippen LogP contribution in [0.25, 0.3) is 0 Å². The van der Waals surface area contributed by atoms with E-state index in [0.717, 1.165) is 12.8 Å². The lowest BCUT2D eigenvalue weighted by molar-refractivity contribution is 0.00689. The normalized spacial score (nSPS) is 17.4. The summed E-state index contributed by atoms with van der Waals surface area (Å²) in [4.78, 5) is 26.5. The van der Waals surface area contributed by atoms with Gasteiger partial charge in [0.1, 0.15) is 11.2 Å². The number of nitrogens with two attached hydrogens (primary N) is 1. The molecule has 0 aromatic heterocycles. The average Bonchev–Trinajstić information content (AvgIpc) is 2.99. The minimum atomic E-state index is -0.566. The zero-order valence-electron chi connectivity index (χ0n) is 17.8. The second kappa shape index (κ2) is 8.29. The van der Waals surface area contributed by atoms with Gasteiger partial charge < -0.3 is 25.4 Å². The largest absolute Gasteiger partial charge is 0.456 e. The molecular formula is C21H33N3O4. The third-order valence-electron chi connectivity index (χ3n) is 4.22. The molecule has 1 saturated heterocycles. The van der Waals surface area contributed by atoms with Gasteiger partial charge in [-0.05, 0) is 72.6 Å². The lowest BCUT2D eigenvalue weighted by atomic mass is 10.1. The van der Waals surface area contributed by atoms with Crippen molar-refractivity contribution >= 4 is 23.4 Å². The van der Waals surface area contributed by atoms with Crippen molar-refractivity contribution in [1.29, 1.82) is 0 Å². The molecule has 0 unspecified atom stereocenters. The topological polar surface area (TPSA) is 93.9 Å². The molecule has 0 aliphatic carbocycles. The standard InChI is InChI=1S/C21H33N3O4/c1-20(2,3)27-18(25)14-9-10-16(22)17(12-14)23-13-15-8-7-11-24(15)19(26)28-21(4,5)6/h9-10,12,15,23H,7-8,11,13,22H2,1-6H3/t15-/m0/s1. The van der Waals surface area contributed by atoms with E-state index in [1.807, 2.05) is 41.5 Å². The number of likely N-dealkylation sites (tertiary alicyclic amines) is 1. The highest BCUT2D eigenvalue weighted by Crippen LogP contribution is 2.25. The Morgan fingerprint density at radius 1 is 1.14 bits per heavy atom.